The van der Waals surface area contributed by atoms with E-state index in [-0.39, 0.29) is 5.78 Å². The van der Waals surface area contributed by atoms with Gasteiger partial charge < -0.3 is 9.47 Å². The van der Waals surface area contributed by atoms with Gasteiger partial charge in [-0.1, -0.05) is 17.7 Å². The molecule has 0 aliphatic heterocycles. The fraction of sp³-hybridized carbons (Fsp3) is 0.250. The van der Waals surface area contributed by atoms with Crippen LogP contribution in [-0.4, -0.2) is 20.0 Å². The van der Waals surface area contributed by atoms with E-state index in [0.29, 0.717) is 16.5 Å². The van der Waals surface area contributed by atoms with Gasteiger partial charge in [0, 0.05) is 0 Å². The summed E-state index contributed by atoms with van der Waals surface area (Å²) < 4.78 is 10.2. The van der Waals surface area contributed by atoms with Crippen LogP contribution in [0.5, 0.6) is 11.5 Å². The molecule has 16 heavy (non-hydrogen) atoms. The summed E-state index contributed by atoms with van der Waals surface area (Å²) in [5, 5.41) is 0.449. The lowest BCUT2D eigenvalue weighted by molar-refractivity contribution is -0.112. The third-order valence-corrected chi connectivity index (χ3v) is 2.25. The molecule has 1 rings (SSSR count). The van der Waals surface area contributed by atoms with Crippen LogP contribution in [0.2, 0.25) is 5.02 Å². The minimum absolute atomic E-state index is 0.0223. The molecular formula is C12H13ClO3. The van der Waals surface area contributed by atoms with Crippen molar-refractivity contribution in [3.05, 3.63) is 28.8 Å². The minimum atomic E-state index is -0.0223. The first-order chi connectivity index (χ1) is 7.58. The second kappa shape index (κ2) is 5.56. The fourth-order valence-corrected chi connectivity index (χ4v) is 1.54. The van der Waals surface area contributed by atoms with Gasteiger partial charge >= 0.3 is 0 Å². The molecule has 3 nitrogen and oxygen atoms in total. The lowest BCUT2D eigenvalue weighted by Gasteiger charge is -2.09. The smallest absolute Gasteiger partial charge is 0.179 e. The number of hydrogen-bond donors (Lipinski definition) is 0. The van der Waals surface area contributed by atoms with Crippen molar-refractivity contribution < 1.29 is 14.3 Å². The topological polar surface area (TPSA) is 35.5 Å². The molecule has 0 aliphatic carbocycles. The van der Waals surface area contributed by atoms with E-state index in [1.807, 2.05) is 0 Å². The molecule has 0 saturated heterocycles. The van der Waals surface area contributed by atoms with E-state index in [4.69, 9.17) is 21.1 Å². The Morgan fingerprint density at radius 3 is 2.50 bits per heavy atom. The van der Waals surface area contributed by atoms with Gasteiger partial charge in [0.2, 0.25) is 0 Å². The molecule has 4 heteroatoms. The summed E-state index contributed by atoms with van der Waals surface area (Å²) in [4.78, 5) is 10.8. The number of rotatable bonds is 4. The molecule has 1 aromatic carbocycles. The molecule has 0 heterocycles. The molecule has 0 aromatic heterocycles. The number of methoxy groups -OCH3 is 2. The molecule has 0 N–H and O–H groups in total. The molecular weight excluding hydrogens is 228 g/mol. The zero-order valence-corrected chi connectivity index (χ0v) is 10.2. The zero-order chi connectivity index (χ0) is 12.1. The fourth-order valence-electron chi connectivity index (χ4n) is 1.25. The molecule has 0 atom stereocenters. The Morgan fingerprint density at radius 1 is 1.31 bits per heavy atom. The summed E-state index contributed by atoms with van der Waals surface area (Å²) in [5.41, 5.74) is 0.790. The first-order valence-electron chi connectivity index (χ1n) is 4.68. The molecule has 1 aromatic rings. The van der Waals surface area contributed by atoms with E-state index in [1.165, 1.54) is 27.2 Å². The minimum Gasteiger partial charge on any atom is -0.493 e. The summed E-state index contributed by atoms with van der Waals surface area (Å²) >= 11 is 6.00. The summed E-state index contributed by atoms with van der Waals surface area (Å²) in [5.74, 6) is 1.01. The van der Waals surface area contributed by atoms with Gasteiger partial charge in [0.05, 0.1) is 19.2 Å². The maximum atomic E-state index is 10.8. The standard InChI is InChI=1S/C12H13ClO3/c1-8(14)4-5-9-6-10(13)12(16-3)11(7-9)15-2/h4-7H,1-3H3. The average Bonchev–Trinajstić information content (AvgIpc) is 2.25. The Labute approximate surface area is 99.6 Å². The van der Waals surface area contributed by atoms with E-state index in [2.05, 4.69) is 0 Å². The second-order valence-corrected chi connectivity index (χ2v) is 3.59. The molecule has 0 radical (unpaired) electrons. The highest BCUT2D eigenvalue weighted by Gasteiger charge is 2.09. The van der Waals surface area contributed by atoms with Gasteiger partial charge in [-0.25, -0.2) is 0 Å². The summed E-state index contributed by atoms with van der Waals surface area (Å²) in [7, 11) is 3.06. The van der Waals surface area contributed by atoms with Gasteiger partial charge in [-0.3, -0.25) is 4.79 Å². The highest BCUT2D eigenvalue weighted by molar-refractivity contribution is 6.32. The molecule has 0 fully saturated rings. The Bertz CT molecular complexity index is 425. The summed E-state index contributed by atoms with van der Waals surface area (Å²) in [6, 6.07) is 3.46. The number of benzene rings is 1. The van der Waals surface area contributed by atoms with Crippen molar-refractivity contribution in [3.63, 3.8) is 0 Å². The Balaban J connectivity index is 3.15. The highest BCUT2D eigenvalue weighted by Crippen LogP contribution is 2.36. The first-order valence-corrected chi connectivity index (χ1v) is 5.06. The maximum Gasteiger partial charge on any atom is 0.179 e. The predicted octanol–water partition coefficient (Wildman–Crippen LogP) is 2.96. The number of ketones is 1. The van der Waals surface area contributed by atoms with Crippen LogP contribution in [0.3, 0.4) is 0 Å². The van der Waals surface area contributed by atoms with E-state index in [1.54, 1.807) is 18.2 Å². The molecule has 0 unspecified atom stereocenters. The SMILES string of the molecule is COc1cc(C=CC(C)=O)cc(Cl)c1OC. The van der Waals surface area contributed by atoms with E-state index in [9.17, 15) is 4.79 Å². The lowest BCUT2D eigenvalue weighted by Crippen LogP contribution is -1.92. The first kappa shape index (κ1) is 12.6. The third-order valence-electron chi connectivity index (χ3n) is 1.97. The van der Waals surface area contributed by atoms with Gasteiger partial charge in [0.1, 0.15) is 0 Å². The van der Waals surface area contributed by atoms with Crippen LogP contribution < -0.4 is 9.47 Å². The average molecular weight is 241 g/mol. The summed E-state index contributed by atoms with van der Waals surface area (Å²) in [6.45, 7) is 1.48. The van der Waals surface area contributed by atoms with Gasteiger partial charge in [-0.2, -0.15) is 0 Å². The van der Waals surface area contributed by atoms with Crippen molar-refractivity contribution in [2.75, 3.05) is 14.2 Å². The van der Waals surface area contributed by atoms with Crippen LogP contribution in [-0.2, 0) is 4.79 Å². The number of halogens is 1. The monoisotopic (exact) mass is 240 g/mol. The zero-order valence-electron chi connectivity index (χ0n) is 9.41. The Hall–Kier alpha value is -1.48. The van der Waals surface area contributed by atoms with Crippen molar-refractivity contribution in [1.29, 1.82) is 0 Å². The number of ether oxygens (including phenoxy) is 2. The Morgan fingerprint density at radius 2 is 2.00 bits per heavy atom. The van der Waals surface area contributed by atoms with Gasteiger partial charge in [-0.05, 0) is 30.7 Å². The van der Waals surface area contributed by atoms with Crippen LogP contribution in [0.1, 0.15) is 12.5 Å². The largest absolute Gasteiger partial charge is 0.493 e. The van der Waals surface area contributed by atoms with Crippen molar-refractivity contribution in [2.45, 2.75) is 6.92 Å². The van der Waals surface area contributed by atoms with Crippen LogP contribution in [0.4, 0.5) is 0 Å². The normalized spacial score (nSPS) is 10.5. The van der Waals surface area contributed by atoms with E-state index < -0.39 is 0 Å². The molecule has 86 valence electrons. The van der Waals surface area contributed by atoms with Crippen LogP contribution in [0.25, 0.3) is 6.08 Å². The quantitative estimate of drug-likeness (QED) is 0.759. The van der Waals surface area contributed by atoms with Crippen molar-refractivity contribution >= 4 is 23.5 Å². The highest BCUT2D eigenvalue weighted by atomic mass is 35.5. The van der Waals surface area contributed by atoms with Gasteiger partial charge in [-0.15, -0.1) is 0 Å². The molecule has 0 saturated carbocycles. The third kappa shape index (κ3) is 3.00. The van der Waals surface area contributed by atoms with Crippen LogP contribution in [0, 0.1) is 0 Å². The summed E-state index contributed by atoms with van der Waals surface area (Å²) in [6.07, 6.45) is 3.15. The molecule has 0 spiro atoms. The van der Waals surface area contributed by atoms with E-state index >= 15 is 0 Å². The predicted molar refractivity (Wildman–Crippen MR) is 64.3 cm³/mol. The number of allylic oxidation sites excluding steroid dienone is 1. The lowest BCUT2D eigenvalue weighted by atomic mass is 10.1. The number of carbonyl (C=O) groups excluding carboxylic acids is 1. The molecule has 0 bridgehead atoms. The van der Waals surface area contributed by atoms with Crippen molar-refractivity contribution in [2.24, 2.45) is 0 Å². The molecule has 0 amide bonds. The van der Waals surface area contributed by atoms with Crippen molar-refractivity contribution in [3.8, 4) is 11.5 Å². The Kier molecular flexibility index (Phi) is 4.38. The van der Waals surface area contributed by atoms with Gasteiger partial charge in [0.15, 0.2) is 17.3 Å². The van der Waals surface area contributed by atoms with Gasteiger partial charge in [0.25, 0.3) is 0 Å². The van der Waals surface area contributed by atoms with E-state index in [0.717, 1.165) is 5.56 Å². The molecule has 0 aliphatic rings. The number of hydrogen-bond acceptors (Lipinski definition) is 3. The second-order valence-electron chi connectivity index (χ2n) is 3.18. The maximum absolute atomic E-state index is 10.8. The van der Waals surface area contributed by atoms with Crippen LogP contribution >= 0.6 is 11.6 Å². The number of carbonyl (C=O) groups is 1. The van der Waals surface area contributed by atoms with Crippen molar-refractivity contribution in [1.82, 2.24) is 0 Å². The van der Waals surface area contributed by atoms with Crippen LogP contribution in [0.15, 0.2) is 18.2 Å².